The SMILES string of the molecule is CN1CCCCC1Cn1c(-c2ccccc2)nc2cccnc21. The lowest BCUT2D eigenvalue weighted by Gasteiger charge is -2.33. The van der Waals surface area contributed by atoms with Gasteiger partial charge in [-0.15, -0.1) is 0 Å². The van der Waals surface area contributed by atoms with Crippen molar-refractivity contribution < 1.29 is 0 Å². The molecule has 4 rings (SSSR count). The van der Waals surface area contributed by atoms with Crippen LogP contribution in [0.2, 0.25) is 0 Å². The van der Waals surface area contributed by atoms with Crippen LogP contribution in [0, 0.1) is 0 Å². The number of hydrogen-bond donors (Lipinski definition) is 0. The molecule has 1 aliphatic rings. The number of aromatic nitrogens is 3. The molecule has 0 saturated carbocycles. The molecule has 0 aliphatic carbocycles. The molecule has 4 heteroatoms. The van der Waals surface area contributed by atoms with Crippen LogP contribution in [0.25, 0.3) is 22.6 Å². The van der Waals surface area contributed by atoms with Crippen molar-refractivity contribution in [1.82, 2.24) is 19.4 Å². The molecule has 1 fully saturated rings. The third-order valence-electron chi connectivity index (χ3n) is 4.85. The first kappa shape index (κ1) is 14.4. The summed E-state index contributed by atoms with van der Waals surface area (Å²) in [5.41, 5.74) is 3.12. The van der Waals surface area contributed by atoms with Gasteiger partial charge in [0.1, 0.15) is 11.3 Å². The maximum atomic E-state index is 4.86. The number of rotatable bonds is 3. The van der Waals surface area contributed by atoms with Crippen LogP contribution in [0.15, 0.2) is 48.7 Å². The number of hydrogen-bond acceptors (Lipinski definition) is 3. The minimum Gasteiger partial charge on any atom is -0.307 e. The number of nitrogens with zero attached hydrogens (tertiary/aromatic N) is 4. The van der Waals surface area contributed by atoms with E-state index in [2.05, 4.69) is 51.8 Å². The van der Waals surface area contributed by atoms with Crippen molar-refractivity contribution >= 4 is 11.2 Å². The van der Waals surface area contributed by atoms with Gasteiger partial charge in [0, 0.05) is 24.3 Å². The van der Waals surface area contributed by atoms with E-state index in [1.165, 1.54) is 25.8 Å². The Bertz CT molecular complexity index is 793. The molecule has 1 aliphatic heterocycles. The van der Waals surface area contributed by atoms with Gasteiger partial charge in [0.05, 0.1) is 0 Å². The van der Waals surface area contributed by atoms with E-state index in [0.29, 0.717) is 6.04 Å². The summed E-state index contributed by atoms with van der Waals surface area (Å²) in [5.74, 6) is 1.03. The first-order chi connectivity index (χ1) is 11.3. The van der Waals surface area contributed by atoms with Crippen LogP contribution >= 0.6 is 0 Å². The molecule has 23 heavy (non-hydrogen) atoms. The van der Waals surface area contributed by atoms with E-state index in [4.69, 9.17) is 4.98 Å². The van der Waals surface area contributed by atoms with Gasteiger partial charge in [-0.1, -0.05) is 36.8 Å². The van der Waals surface area contributed by atoms with Gasteiger partial charge < -0.3 is 9.47 Å². The predicted octanol–water partition coefficient (Wildman–Crippen LogP) is 3.58. The largest absolute Gasteiger partial charge is 0.307 e. The average molecular weight is 306 g/mol. The molecule has 4 nitrogen and oxygen atoms in total. The van der Waals surface area contributed by atoms with E-state index in [0.717, 1.165) is 29.1 Å². The molecule has 1 unspecified atom stereocenters. The molecule has 3 aromatic rings. The molecular weight excluding hydrogens is 284 g/mol. The number of piperidine rings is 1. The Morgan fingerprint density at radius 2 is 1.96 bits per heavy atom. The van der Waals surface area contributed by atoms with Gasteiger partial charge in [0.25, 0.3) is 0 Å². The fourth-order valence-electron chi connectivity index (χ4n) is 3.52. The Labute approximate surface area is 136 Å². The molecular formula is C19H22N4. The Hall–Kier alpha value is -2.20. The summed E-state index contributed by atoms with van der Waals surface area (Å²) in [7, 11) is 2.23. The molecule has 2 aromatic heterocycles. The fraction of sp³-hybridized carbons (Fsp3) is 0.368. The zero-order chi connectivity index (χ0) is 15.6. The maximum absolute atomic E-state index is 4.86. The normalized spacial score (nSPS) is 19.3. The Morgan fingerprint density at radius 1 is 1.09 bits per heavy atom. The highest BCUT2D eigenvalue weighted by Crippen LogP contribution is 2.26. The van der Waals surface area contributed by atoms with Gasteiger partial charge >= 0.3 is 0 Å². The third-order valence-corrected chi connectivity index (χ3v) is 4.85. The molecule has 1 aromatic carbocycles. The molecule has 0 N–H and O–H groups in total. The number of fused-ring (bicyclic) bond motifs is 1. The van der Waals surface area contributed by atoms with E-state index >= 15 is 0 Å². The van der Waals surface area contributed by atoms with Crippen molar-refractivity contribution in [3.63, 3.8) is 0 Å². The minimum absolute atomic E-state index is 0.561. The van der Waals surface area contributed by atoms with Crippen LogP contribution in [-0.4, -0.2) is 39.1 Å². The average Bonchev–Trinajstić information content (AvgIpc) is 2.96. The first-order valence-electron chi connectivity index (χ1n) is 8.40. The number of imidazole rings is 1. The van der Waals surface area contributed by atoms with Gasteiger partial charge in [0.2, 0.25) is 0 Å². The van der Waals surface area contributed by atoms with Crippen molar-refractivity contribution in [3.8, 4) is 11.4 Å². The van der Waals surface area contributed by atoms with Gasteiger partial charge in [0.15, 0.2) is 5.65 Å². The van der Waals surface area contributed by atoms with Crippen molar-refractivity contribution in [2.45, 2.75) is 31.8 Å². The lowest BCUT2D eigenvalue weighted by atomic mass is 10.0. The summed E-state index contributed by atoms with van der Waals surface area (Å²) in [6, 6.07) is 15.0. The third kappa shape index (κ3) is 2.75. The second-order valence-electron chi connectivity index (χ2n) is 6.39. The maximum Gasteiger partial charge on any atom is 0.160 e. The Balaban J connectivity index is 1.80. The lowest BCUT2D eigenvalue weighted by Crippen LogP contribution is -2.39. The molecule has 118 valence electrons. The van der Waals surface area contributed by atoms with Crippen LogP contribution in [-0.2, 0) is 6.54 Å². The van der Waals surface area contributed by atoms with Crippen LogP contribution in [0.3, 0.4) is 0 Å². The zero-order valence-corrected chi connectivity index (χ0v) is 13.5. The molecule has 1 atom stereocenters. The number of pyridine rings is 1. The van der Waals surface area contributed by atoms with Crippen LogP contribution < -0.4 is 0 Å². The topological polar surface area (TPSA) is 34.0 Å². The monoisotopic (exact) mass is 306 g/mol. The van der Waals surface area contributed by atoms with Crippen molar-refractivity contribution in [2.24, 2.45) is 0 Å². The standard InChI is InChI=1S/C19H22N4/c1-22-13-6-5-10-16(22)14-23-18(15-8-3-2-4-9-15)21-17-11-7-12-20-19(17)23/h2-4,7-9,11-12,16H,5-6,10,13-14H2,1H3. The minimum atomic E-state index is 0.561. The van der Waals surface area contributed by atoms with Crippen LogP contribution in [0.4, 0.5) is 0 Å². The molecule has 3 heterocycles. The van der Waals surface area contributed by atoms with Gasteiger partial charge in [-0.25, -0.2) is 9.97 Å². The Kier molecular flexibility index (Phi) is 3.83. The Morgan fingerprint density at radius 3 is 2.78 bits per heavy atom. The highest BCUT2D eigenvalue weighted by molar-refractivity contribution is 5.77. The second kappa shape index (κ2) is 6.13. The predicted molar refractivity (Wildman–Crippen MR) is 93.2 cm³/mol. The van der Waals surface area contributed by atoms with E-state index in [-0.39, 0.29) is 0 Å². The summed E-state index contributed by atoms with van der Waals surface area (Å²) >= 11 is 0. The molecule has 0 radical (unpaired) electrons. The molecule has 0 spiro atoms. The van der Waals surface area contributed by atoms with Crippen molar-refractivity contribution in [1.29, 1.82) is 0 Å². The highest BCUT2D eigenvalue weighted by atomic mass is 15.2. The van der Waals surface area contributed by atoms with E-state index in [1.54, 1.807) is 0 Å². The lowest BCUT2D eigenvalue weighted by molar-refractivity contribution is 0.169. The van der Waals surface area contributed by atoms with Crippen molar-refractivity contribution in [3.05, 3.63) is 48.7 Å². The first-order valence-corrected chi connectivity index (χ1v) is 8.40. The summed E-state index contributed by atoms with van der Waals surface area (Å²) in [5, 5.41) is 0. The zero-order valence-electron chi connectivity index (χ0n) is 13.5. The van der Waals surface area contributed by atoms with Crippen LogP contribution in [0.1, 0.15) is 19.3 Å². The summed E-state index contributed by atoms with van der Waals surface area (Å²) in [6.45, 7) is 2.14. The number of benzene rings is 1. The summed E-state index contributed by atoms with van der Waals surface area (Å²) < 4.78 is 2.30. The van der Waals surface area contributed by atoms with Crippen LogP contribution in [0.5, 0.6) is 0 Å². The highest BCUT2D eigenvalue weighted by Gasteiger charge is 2.22. The molecule has 0 amide bonds. The molecule has 0 bridgehead atoms. The molecule has 1 saturated heterocycles. The van der Waals surface area contributed by atoms with Crippen molar-refractivity contribution in [2.75, 3.05) is 13.6 Å². The number of likely N-dealkylation sites (N-methyl/N-ethyl adjacent to an activating group) is 1. The quantitative estimate of drug-likeness (QED) is 0.741. The number of likely N-dealkylation sites (tertiary alicyclic amines) is 1. The van der Waals surface area contributed by atoms with Gasteiger partial charge in [-0.2, -0.15) is 0 Å². The van der Waals surface area contributed by atoms with E-state index < -0.39 is 0 Å². The smallest absolute Gasteiger partial charge is 0.160 e. The van der Waals surface area contributed by atoms with Gasteiger partial charge in [-0.3, -0.25) is 0 Å². The summed E-state index contributed by atoms with van der Waals surface area (Å²) in [6.07, 6.45) is 5.73. The second-order valence-corrected chi connectivity index (χ2v) is 6.39. The van der Waals surface area contributed by atoms with E-state index in [1.807, 2.05) is 18.3 Å². The fourth-order valence-corrected chi connectivity index (χ4v) is 3.52. The van der Waals surface area contributed by atoms with Gasteiger partial charge in [-0.05, 0) is 38.6 Å². The summed E-state index contributed by atoms with van der Waals surface area (Å²) in [4.78, 5) is 11.9. The van der Waals surface area contributed by atoms with E-state index in [9.17, 15) is 0 Å².